The third-order valence-electron chi connectivity index (χ3n) is 3.91. The molecule has 0 saturated heterocycles. The minimum absolute atomic E-state index is 0.851. The van der Waals surface area contributed by atoms with Crippen LogP contribution in [0.25, 0.3) is 0 Å². The fourth-order valence-electron chi connectivity index (χ4n) is 2.53. The molecule has 0 aliphatic rings. The highest BCUT2D eigenvalue weighted by molar-refractivity contribution is 7.46. The van der Waals surface area contributed by atoms with E-state index in [0.29, 0.717) is 0 Å². The van der Waals surface area contributed by atoms with Crippen molar-refractivity contribution in [2.24, 2.45) is 0 Å². The molecule has 0 aromatic carbocycles. The first-order valence-corrected chi connectivity index (χ1v) is 10.2. The maximum Gasteiger partial charge on any atom is 0.167 e. The molecule has 0 aromatic rings. The van der Waals surface area contributed by atoms with Crippen LogP contribution in [0.3, 0.4) is 0 Å². The van der Waals surface area contributed by atoms with Crippen LogP contribution in [0.1, 0.15) is 96.8 Å². The molecule has 0 aliphatic heterocycles. The maximum atomic E-state index is 9.29. The van der Waals surface area contributed by atoms with Crippen molar-refractivity contribution >= 4 is 8.38 Å². The average Bonchev–Trinajstić information content (AvgIpc) is 2.47. The van der Waals surface area contributed by atoms with Crippen molar-refractivity contribution in [3.63, 3.8) is 0 Å². The van der Waals surface area contributed by atoms with Crippen molar-refractivity contribution in [2.75, 3.05) is 13.3 Å². The van der Waals surface area contributed by atoms with Gasteiger partial charge in [-0.1, -0.05) is 90.4 Å². The largest absolute Gasteiger partial charge is 0.350 e. The quantitative estimate of drug-likeness (QED) is 0.263. The Kier molecular flexibility index (Phi) is 17.7. The summed E-state index contributed by atoms with van der Waals surface area (Å²) in [6.07, 6.45) is 20.1. The summed E-state index contributed by atoms with van der Waals surface area (Å²) in [5, 5.41) is 0. The second-order valence-electron chi connectivity index (χ2n) is 5.85. The van der Waals surface area contributed by atoms with E-state index in [1.807, 2.05) is 0 Å². The molecular weight excluding hydrogens is 267 g/mol. The van der Waals surface area contributed by atoms with Crippen molar-refractivity contribution in [1.29, 1.82) is 0 Å². The van der Waals surface area contributed by atoms with Gasteiger partial charge in [0, 0.05) is 13.3 Å². The number of unbranched alkanes of at least 4 members (excludes halogenated alkanes) is 13. The first-order chi connectivity index (χ1) is 9.81. The fraction of sp³-hybridized carbons (Fsp3) is 1.00. The Bertz CT molecular complexity index is 176. The van der Waals surface area contributed by atoms with Crippen LogP contribution in [0.2, 0.25) is 0 Å². The Labute approximate surface area is 128 Å². The third kappa shape index (κ3) is 16.4. The zero-order valence-electron chi connectivity index (χ0n) is 13.9. The van der Waals surface area contributed by atoms with Crippen LogP contribution in [0.4, 0.5) is 0 Å². The highest BCUT2D eigenvalue weighted by Gasteiger charge is 2.00. The van der Waals surface area contributed by atoms with Gasteiger partial charge in [0.25, 0.3) is 0 Å². The van der Waals surface area contributed by atoms with E-state index in [0.717, 1.165) is 12.6 Å². The molecule has 0 rings (SSSR count). The van der Waals surface area contributed by atoms with Crippen LogP contribution in [-0.4, -0.2) is 18.2 Å². The van der Waals surface area contributed by atoms with Gasteiger partial charge in [-0.25, -0.2) is 0 Å². The van der Waals surface area contributed by atoms with Gasteiger partial charge in [0.2, 0.25) is 0 Å². The van der Waals surface area contributed by atoms with Crippen molar-refractivity contribution in [1.82, 2.24) is 0 Å². The lowest BCUT2D eigenvalue weighted by molar-refractivity contribution is 0.388. The zero-order valence-corrected chi connectivity index (χ0v) is 14.8. The topological polar surface area (TPSA) is 29.5 Å². The first-order valence-electron chi connectivity index (χ1n) is 8.81. The lowest BCUT2D eigenvalue weighted by Gasteiger charge is -2.06. The van der Waals surface area contributed by atoms with Gasteiger partial charge in [-0.3, -0.25) is 0 Å². The summed E-state index contributed by atoms with van der Waals surface area (Å²) < 4.78 is 4.88. The van der Waals surface area contributed by atoms with E-state index < -0.39 is 8.38 Å². The molecule has 122 valence electrons. The first kappa shape index (κ1) is 20.3. The van der Waals surface area contributed by atoms with Gasteiger partial charge >= 0.3 is 0 Å². The molecular formula is C17H37O2P. The summed E-state index contributed by atoms with van der Waals surface area (Å²) in [6, 6.07) is 0. The third-order valence-corrected chi connectivity index (χ3v) is 5.03. The van der Waals surface area contributed by atoms with Crippen molar-refractivity contribution in [3.05, 3.63) is 0 Å². The van der Waals surface area contributed by atoms with Crippen LogP contribution < -0.4 is 0 Å². The second kappa shape index (κ2) is 17.4. The molecule has 0 radical (unpaired) electrons. The van der Waals surface area contributed by atoms with E-state index in [2.05, 4.69) is 6.92 Å². The van der Waals surface area contributed by atoms with Gasteiger partial charge in [0.05, 0.1) is 0 Å². The van der Waals surface area contributed by atoms with Crippen molar-refractivity contribution < 1.29 is 9.42 Å². The van der Waals surface area contributed by atoms with Gasteiger partial charge in [-0.15, -0.1) is 0 Å². The Morgan fingerprint density at radius 1 is 0.650 bits per heavy atom. The second-order valence-corrected chi connectivity index (χ2v) is 7.37. The molecule has 0 amide bonds. The average molecular weight is 304 g/mol. The summed E-state index contributed by atoms with van der Waals surface area (Å²) >= 11 is 0. The molecule has 2 nitrogen and oxygen atoms in total. The van der Waals surface area contributed by atoms with Gasteiger partial charge in [0.1, 0.15) is 0 Å². The minimum atomic E-state index is -1.12. The summed E-state index contributed by atoms with van der Waals surface area (Å²) in [6.45, 7) is 2.28. The van der Waals surface area contributed by atoms with E-state index in [1.165, 1.54) is 83.5 Å². The monoisotopic (exact) mass is 304 g/mol. The molecule has 0 heterocycles. The van der Waals surface area contributed by atoms with Gasteiger partial charge < -0.3 is 9.42 Å². The molecule has 0 bridgehead atoms. The summed E-state index contributed by atoms with van der Waals surface area (Å²) in [4.78, 5) is 9.29. The Hall–Kier alpha value is 0.350. The van der Waals surface area contributed by atoms with Crippen LogP contribution >= 0.6 is 8.38 Å². The maximum absolute atomic E-state index is 9.29. The molecule has 20 heavy (non-hydrogen) atoms. The molecule has 0 saturated carbocycles. The van der Waals surface area contributed by atoms with E-state index in [-0.39, 0.29) is 0 Å². The van der Waals surface area contributed by atoms with Gasteiger partial charge in [-0.2, -0.15) is 0 Å². The normalized spacial score (nSPS) is 12.8. The van der Waals surface area contributed by atoms with Gasteiger partial charge in [0.15, 0.2) is 8.38 Å². The zero-order chi connectivity index (χ0) is 14.9. The fourth-order valence-corrected chi connectivity index (χ4v) is 3.21. The van der Waals surface area contributed by atoms with Crippen LogP contribution in [0.5, 0.6) is 0 Å². The van der Waals surface area contributed by atoms with Crippen LogP contribution in [0.15, 0.2) is 0 Å². The van der Waals surface area contributed by atoms with Crippen molar-refractivity contribution in [3.8, 4) is 0 Å². The standard InChI is InChI=1S/C17H37O2P/c1-3-4-5-6-7-8-9-10-11-12-13-14-15-16-17-20(18)19-2/h18H,3-17H2,1-2H3. The number of rotatable bonds is 16. The highest BCUT2D eigenvalue weighted by Crippen LogP contribution is 2.31. The van der Waals surface area contributed by atoms with Gasteiger partial charge in [-0.05, 0) is 6.42 Å². The molecule has 1 atom stereocenters. The van der Waals surface area contributed by atoms with Crippen molar-refractivity contribution in [2.45, 2.75) is 96.8 Å². The lowest BCUT2D eigenvalue weighted by atomic mass is 10.0. The molecule has 0 fully saturated rings. The molecule has 1 unspecified atom stereocenters. The SMILES string of the molecule is CCCCCCCCCCCCCCCCP(O)OC. The predicted molar refractivity (Wildman–Crippen MR) is 91.3 cm³/mol. The van der Waals surface area contributed by atoms with E-state index >= 15 is 0 Å². The summed E-state index contributed by atoms with van der Waals surface area (Å²) in [7, 11) is 0.474. The van der Waals surface area contributed by atoms with E-state index in [4.69, 9.17) is 4.52 Å². The summed E-state index contributed by atoms with van der Waals surface area (Å²) in [5.41, 5.74) is 0. The number of hydrogen-bond acceptors (Lipinski definition) is 2. The summed E-state index contributed by atoms with van der Waals surface area (Å²) in [5.74, 6) is 0. The highest BCUT2D eigenvalue weighted by atomic mass is 31.2. The van der Waals surface area contributed by atoms with E-state index in [9.17, 15) is 4.89 Å². The Balaban J connectivity index is 2.96. The molecule has 0 spiro atoms. The van der Waals surface area contributed by atoms with Crippen LogP contribution in [-0.2, 0) is 4.52 Å². The number of hydrogen-bond donors (Lipinski definition) is 1. The molecule has 1 N–H and O–H groups in total. The Morgan fingerprint density at radius 3 is 1.35 bits per heavy atom. The lowest BCUT2D eigenvalue weighted by Crippen LogP contribution is -1.87. The smallest absolute Gasteiger partial charge is 0.167 e. The Morgan fingerprint density at radius 2 is 1.00 bits per heavy atom. The minimum Gasteiger partial charge on any atom is -0.350 e. The predicted octanol–water partition coefficient (Wildman–Crippen LogP) is 6.42. The molecule has 0 aromatic heterocycles. The van der Waals surface area contributed by atoms with E-state index in [1.54, 1.807) is 7.11 Å². The molecule has 0 aliphatic carbocycles. The van der Waals surface area contributed by atoms with Crippen LogP contribution in [0, 0.1) is 0 Å². The molecule has 3 heteroatoms.